The van der Waals surface area contributed by atoms with Gasteiger partial charge in [0, 0.05) is 19.0 Å². The fourth-order valence-electron chi connectivity index (χ4n) is 0.970. The van der Waals surface area contributed by atoms with Gasteiger partial charge in [0.1, 0.15) is 0 Å². The molecule has 0 saturated carbocycles. The molecule has 3 heteroatoms. The van der Waals surface area contributed by atoms with E-state index in [4.69, 9.17) is 11.6 Å². The second kappa shape index (κ2) is 3.06. The molecule has 1 heterocycles. The lowest BCUT2D eigenvalue weighted by Gasteiger charge is -2.15. The van der Waals surface area contributed by atoms with Crippen LogP contribution in [0.4, 0.5) is 0 Å². The van der Waals surface area contributed by atoms with Crippen LogP contribution in [0.15, 0.2) is 4.99 Å². The third-order valence-electron chi connectivity index (χ3n) is 1.52. The number of hydrogen-bond donors (Lipinski definition) is 0. The first-order valence-corrected chi connectivity index (χ1v) is 3.70. The van der Waals surface area contributed by atoms with Gasteiger partial charge in [0.25, 0.3) is 0 Å². The molecule has 52 valence electrons. The zero-order valence-corrected chi connectivity index (χ0v) is 6.36. The average Bonchev–Trinajstić information content (AvgIpc) is 2.18. The molecular weight excluding hydrogens is 136 g/mol. The summed E-state index contributed by atoms with van der Waals surface area (Å²) in [6, 6.07) is 0. The Kier molecular flexibility index (Phi) is 2.34. The minimum absolute atomic E-state index is 0.701. The van der Waals surface area contributed by atoms with Gasteiger partial charge in [-0.1, -0.05) is 0 Å². The monoisotopic (exact) mass is 146 g/mol. The third kappa shape index (κ3) is 1.58. The molecule has 0 bridgehead atoms. The zero-order valence-electron chi connectivity index (χ0n) is 5.60. The summed E-state index contributed by atoms with van der Waals surface area (Å²) in [7, 11) is 0. The highest BCUT2D eigenvalue weighted by Crippen LogP contribution is 1.99. The highest BCUT2D eigenvalue weighted by Gasteiger charge is 2.09. The van der Waals surface area contributed by atoms with Crippen LogP contribution in [0.25, 0.3) is 0 Å². The molecule has 0 spiro atoms. The molecule has 0 aliphatic carbocycles. The summed E-state index contributed by atoms with van der Waals surface area (Å²) in [5, 5.41) is 0. The van der Waals surface area contributed by atoms with E-state index >= 15 is 0 Å². The van der Waals surface area contributed by atoms with E-state index in [2.05, 4.69) is 9.89 Å². The largest absolute Gasteiger partial charge is 0.358 e. The molecule has 0 fully saturated rings. The molecular formula is C6H11ClN2. The number of nitrogens with zero attached hydrogens (tertiary/aromatic N) is 2. The molecule has 9 heavy (non-hydrogen) atoms. The maximum Gasteiger partial charge on any atom is 0.0959 e. The second-order valence-electron chi connectivity index (χ2n) is 2.10. The average molecular weight is 147 g/mol. The molecule has 2 nitrogen and oxygen atoms in total. The molecule has 0 aromatic carbocycles. The smallest absolute Gasteiger partial charge is 0.0959 e. The Morgan fingerprint density at radius 3 is 3.00 bits per heavy atom. The number of aliphatic imine (C=N–C) groups is 1. The molecule has 0 unspecified atom stereocenters. The second-order valence-corrected chi connectivity index (χ2v) is 2.48. The summed E-state index contributed by atoms with van der Waals surface area (Å²) >= 11 is 5.55. The van der Waals surface area contributed by atoms with Crippen LogP contribution in [-0.4, -0.2) is 36.2 Å². The van der Waals surface area contributed by atoms with Gasteiger partial charge in [-0.15, -0.1) is 11.6 Å². The van der Waals surface area contributed by atoms with E-state index in [1.807, 2.05) is 6.92 Å². The normalized spacial score (nSPS) is 18.4. The van der Waals surface area contributed by atoms with Crippen molar-refractivity contribution >= 4 is 17.4 Å². The van der Waals surface area contributed by atoms with Crippen LogP contribution in [0.1, 0.15) is 6.92 Å². The Morgan fingerprint density at radius 2 is 2.56 bits per heavy atom. The number of halogens is 1. The van der Waals surface area contributed by atoms with Crippen LogP contribution in [0.5, 0.6) is 0 Å². The SMILES string of the molecule is CC1=NCCN1CCCl. The topological polar surface area (TPSA) is 15.6 Å². The predicted octanol–water partition coefficient (Wildman–Crippen LogP) is 0.959. The number of rotatable bonds is 2. The molecule has 1 aliphatic rings. The van der Waals surface area contributed by atoms with Crippen molar-refractivity contribution in [1.82, 2.24) is 4.90 Å². The summed E-state index contributed by atoms with van der Waals surface area (Å²) in [5.41, 5.74) is 0. The van der Waals surface area contributed by atoms with Gasteiger partial charge in [-0.2, -0.15) is 0 Å². The number of hydrogen-bond acceptors (Lipinski definition) is 2. The molecule has 0 radical (unpaired) electrons. The predicted molar refractivity (Wildman–Crippen MR) is 40.3 cm³/mol. The summed E-state index contributed by atoms with van der Waals surface area (Å²) < 4.78 is 0. The van der Waals surface area contributed by atoms with Gasteiger partial charge in [-0.3, -0.25) is 4.99 Å². The summed E-state index contributed by atoms with van der Waals surface area (Å²) in [5.74, 6) is 1.84. The van der Waals surface area contributed by atoms with E-state index in [0.717, 1.165) is 25.5 Å². The fourth-order valence-corrected chi connectivity index (χ4v) is 1.17. The zero-order chi connectivity index (χ0) is 6.69. The molecule has 1 rings (SSSR count). The molecule has 0 aromatic heterocycles. The lowest BCUT2D eigenvalue weighted by molar-refractivity contribution is 0.483. The van der Waals surface area contributed by atoms with Crippen LogP contribution in [0.3, 0.4) is 0 Å². The van der Waals surface area contributed by atoms with Crippen LogP contribution in [0, 0.1) is 0 Å². The minimum atomic E-state index is 0.701. The highest BCUT2D eigenvalue weighted by atomic mass is 35.5. The molecule has 0 N–H and O–H groups in total. The van der Waals surface area contributed by atoms with Crippen molar-refractivity contribution in [3.8, 4) is 0 Å². The molecule has 0 saturated heterocycles. The maximum absolute atomic E-state index is 5.55. The Hall–Kier alpha value is -0.240. The van der Waals surface area contributed by atoms with E-state index in [9.17, 15) is 0 Å². The van der Waals surface area contributed by atoms with Crippen molar-refractivity contribution < 1.29 is 0 Å². The molecule has 0 amide bonds. The van der Waals surface area contributed by atoms with E-state index in [-0.39, 0.29) is 0 Å². The quantitative estimate of drug-likeness (QED) is 0.530. The van der Waals surface area contributed by atoms with Crippen LogP contribution >= 0.6 is 11.6 Å². The Balaban J connectivity index is 2.34. The van der Waals surface area contributed by atoms with E-state index in [0.29, 0.717) is 5.88 Å². The van der Waals surface area contributed by atoms with Crippen molar-refractivity contribution in [2.45, 2.75) is 6.92 Å². The van der Waals surface area contributed by atoms with Gasteiger partial charge in [-0.25, -0.2) is 0 Å². The lowest BCUT2D eigenvalue weighted by Crippen LogP contribution is -2.27. The highest BCUT2D eigenvalue weighted by molar-refractivity contribution is 6.18. The number of amidine groups is 1. The van der Waals surface area contributed by atoms with Crippen LogP contribution < -0.4 is 0 Å². The first-order chi connectivity index (χ1) is 4.34. The minimum Gasteiger partial charge on any atom is -0.358 e. The van der Waals surface area contributed by atoms with Crippen molar-refractivity contribution in [3.05, 3.63) is 0 Å². The summed E-state index contributed by atoms with van der Waals surface area (Å²) in [6.07, 6.45) is 0. The first-order valence-electron chi connectivity index (χ1n) is 3.16. The van der Waals surface area contributed by atoms with Crippen molar-refractivity contribution in [1.29, 1.82) is 0 Å². The lowest BCUT2D eigenvalue weighted by atomic mass is 10.5. The van der Waals surface area contributed by atoms with Gasteiger partial charge in [-0.05, 0) is 6.92 Å². The Labute approximate surface area is 60.5 Å². The van der Waals surface area contributed by atoms with Crippen molar-refractivity contribution in [3.63, 3.8) is 0 Å². The molecule has 0 aromatic rings. The van der Waals surface area contributed by atoms with E-state index in [1.165, 1.54) is 0 Å². The fraction of sp³-hybridized carbons (Fsp3) is 0.833. The maximum atomic E-state index is 5.55. The van der Waals surface area contributed by atoms with Crippen LogP contribution in [-0.2, 0) is 0 Å². The van der Waals surface area contributed by atoms with Crippen molar-refractivity contribution in [2.24, 2.45) is 4.99 Å². The van der Waals surface area contributed by atoms with Gasteiger partial charge < -0.3 is 4.90 Å². The molecule has 0 atom stereocenters. The van der Waals surface area contributed by atoms with Crippen LogP contribution in [0.2, 0.25) is 0 Å². The standard InChI is InChI=1S/C6H11ClN2/c1-6-8-3-5-9(6)4-2-7/h2-5H2,1H3. The van der Waals surface area contributed by atoms with Gasteiger partial charge >= 0.3 is 0 Å². The third-order valence-corrected chi connectivity index (χ3v) is 1.69. The van der Waals surface area contributed by atoms with Crippen molar-refractivity contribution in [2.75, 3.05) is 25.5 Å². The Bertz CT molecular complexity index is 122. The summed E-state index contributed by atoms with van der Waals surface area (Å²) in [4.78, 5) is 6.42. The Morgan fingerprint density at radius 1 is 1.78 bits per heavy atom. The number of alkyl halides is 1. The van der Waals surface area contributed by atoms with Gasteiger partial charge in [0.2, 0.25) is 0 Å². The summed E-state index contributed by atoms with van der Waals surface area (Å²) in [6.45, 7) is 4.97. The van der Waals surface area contributed by atoms with Gasteiger partial charge in [0.05, 0.1) is 12.4 Å². The van der Waals surface area contributed by atoms with E-state index < -0.39 is 0 Å². The van der Waals surface area contributed by atoms with E-state index in [1.54, 1.807) is 0 Å². The molecule has 1 aliphatic heterocycles. The van der Waals surface area contributed by atoms with Gasteiger partial charge in [0.15, 0.2) is 0 Å². The first kappa shape index (κ1) is 6.87.